The van der Waals surface area contributed by atoms with E-state index in [4.69, 9.17) is 4.42 Å². The second-order valence-corrected chi connectivity index (χ2v) is 5.09. The molecule has 2 rings (SSSR count). The fraction of sp³-hybridized carbons (Fsp3) is 0.583. The number of nitrogens with one attached hydrogen (secondary N) is 1. The maximum absolute atomic E-state index is 11.7. The normalized spacial score (nSPS) is 24.0. The first-order valence-corrected chi connectivity index (χ1v) is 5.40. The molecule has 15 heavy (non-hydrogen) atoms. The van der Waals surface area contributed by atoms with Crippen molar-refractivity contribution in [2.24, 2.45) is 5.41 Å². The van der Waals surface area contributed by atoms with Gasteiger partial charge < -0.3 is 9.73 Å². The quantitative estimate of drug-likeness (QED) is 0.809. The van der Waals surface area contributed by atoms with E-state index in [9.17, 15) is 4.79 Å². The Kier molecular flexibility index (Phi) is 2.55. The fourth-order valence-electron chi connectivity index (χ4n) is 2.22. The molecule has 0 spiro atoms. The fourth-order valence-corrected chi connectivity index (χ4v) is 2.22. The molecule has 1 N–H and O–H groups in total. The predicted octanol–water partition coefficient (Wildman–Crippen LogP) is 2.59. The second-order valence-electron chi connectivity index (χ2n) is 5.09. The molecule has 1 fully saturated rings. The molecule has 0 saturated heterocycles. The summed E-state index contributed by atoms with van der Waals surface area (Å²) < 4.78 is 4.88. The summed E-state index contributed by atoms with van der Waals surface area (Å²) in [6.45, 7) is 4.49. The lowest BCUT2D eigenvalue weighted by Crippen LogP contribution is -2.33. The van der Waals surface area contributed by atoms with Crippen LogP contribution in [0.4, 0.5) is 0 Å². The van der Waals surface area contributed by atoms with Gasteiger partial charge in [-0.3, -0.25) is 4.79 Å². The Labute approximate surface area is 89.9 Å². The van der Waals surface area contributed by atoms with Crippen LogP contribution < -0.4 is 5.32 Å². The number of hydrogen-bond acceptors (Lipinski definition) is 2. The standard InChI is InChI=1S/C12H17NO2/c1-12(2)5-3-10(7-12)13-11(14)9-4-6-15-8-9/h4,6,8,10H,3,5,7H2,1-2H3,(H,13,14). The first-order valence-electron chi connectivity index (χ1n) is 5.40. The smallest absolute Gasteiger partial charge is 0.254 e. The third-order valence-electron chi connectivity index (χ3n) is 3.09. The first kappa shape index (κ1) is 10.3. The van der Waals surface area contributed by atoms with E-state index in [1.807, 2.05) is 0 Å². The molecule has 0 aromatic carbocycles. The number of hydrogen-bond donors (Lipinski definition) is 1. The maximum atomic E-state index is 11.7. The van der Waals surface area contributed by atoms with Crippen molar-refractivity contribution in [2.45, 2.75) is 39.2 Å². The summed E-state index contributed by atoms with van der Waals surface area (Å²) in [6, 6.07) is 2.01. The highest BCUT2D eigenvalue weighted by Gasteiger charge is 2.31. The summed E-state index contributed by atoms with van der Waals surface area (Å²) in [5, 5.41) is 3.04. The Hall–Kier alpha value is -1.25. The molecule has 1 atom stereocenters. The predicted molar refractivity (Wildman–Crippen MR) is 57.6 cm³/mol. The number of furan rings is 1. The van der Waals surface area contributed by atoms with E-state index >= 15 is 0 Å². The molecule has 0 radical (unpaired) electrons. The highest BCUT2D eigenvalue weighted by atomic mass is 16.3. The topological polar surface area (TPSA) is 42.2 Å². The van der Waals surface area contributed by atoms with Crippen LogP contribution in [0.15, 0.2) is 23.0 Å². The highest BCUT2D eigenvalue weighted by molar-refractivity contribution is 5.93. The van der Waals surface area contributed by atoms with Gasteiger partial charge in [0, 0.05) is 6.04 Å². The lowest BCUT2D eigenvalue weighted by Gasteiger charge is -2.17. The van der Waals surface area contributed by atoms with Crippen LogP contribution in [0.1, 0.15) is 43.5 Å². The van der Waals surface area contributed by atoms with Crippen molar-refractivity contribution in [2.75, 3.05) is 0 Å². The minimum Gasteiger partial charge on any atom is -0.472 e. The van der Waals surface area contributed by atoms with Crippen molar-refractivity contribution in [3.63, 3.8) is 0 Å². The van der Waals surface area contributed by atoms with Gasteiger partial charge in [-0.25, -0.2) is 0 Å². The number of amides is 1. The molecule has 1 amide bonds. The van der Waals surface area contributed by atoms with Crippen LogP contribution in [0.3, 0.4) is 0 Å². The highest BCUT2D eigenvalue weighted by Crippen LogP contribution is 2.36. The third-order valence-corrected chi connectivity index (χ3v) is 3.09. The van der Waals surface area contributed by atoms with Crippen LogP contribution in [0.2, 0.25) is 0 Å². The van der Waals surface area contributed by atoms with E-state index in [0.29, 0.717) is 17.0 Å². The first-order chi connectivity index (χ1) is 7.07. The molecule has 3 heteroatoms. The largest absolute Gasteiger partial charge is 0.472 e. The molecular weight excluding hydrogens is 190 g/mol. The Morgan fingerprint density at radius 3 is 2.93 bits per heavy atom. The van der Waals surface area contributed by atoms with Gasteiger partial charge in [0.15, 0.2) is 0 Å². The molecule has 82 valence electrons. The molecule has 1 saturated carbocycles. The summed E-state index contributed by atoms with van der Waals surface area (Å²) in [6.07, 6.45) is 6.33. The van der Waals surface area contributed by atoms with Crippen molar-refractivity contribution < 1.29 is 9.21 Å². The Balaban J connectivity index is 1.91. The summed E-state index contributed by atoms with van der Waals surface area (Å²) in [7, 11) is 0. The minimum absolute atomic E-state index is 0.0218. The van der Waals surface area contributed by atoms with Crippen molar-refractivity contribution in [3.8, 4) is 0 Å². The van der Waals surface area contributed by atoms with Gasteiger partial charge in [-0.2, -0.15) is 0 Å². The van der Waals surface area contributed by atoms with Crippen LogP contribution in [0, 0.1) is 5.41 Å². The van der Waals surface area contributed by atoms with Crippen LogP contribution in [-0.4, -0.2) is 11.9 Å². The Bertz CT molecular complexity index is 341. The van der Waals surface area contributed by atoms with Gasteiger partial charge in [0.1, 0.15) is 6.26 Å². The van der Waals surface area contributed by atoms with E-state index in [-0.39, 0.29) is 5.91 Å². The van der Waals surface area contributed by atoms with Gasteiger partial charge >= 0.3 is 0 Å². The molecule has 1 unspecified atom stereocenters. The van der Waals surface area contributed by atoms with Gasteiger partial charge in [-0.15, -0.1) is 0 Å². The van der Waals surface area contributed by atoms with Crippen molar-refractivity contribution in [1.82, 2.24) is 5.32 Å². The molecule has 1 aromatic rings. The molecule has 0 aliphatic heterocycles. The maximum Gasteiger partial charge on any atom is 0.254 e. The summed E-state index contributed by atoms with van der Waals surface area (Å²) in [5.41, 5.74) is 0.980. The molecule has 1 aliphatic rings. The number of carbonyl (C=O) groups excluding carboxylic acids is 1. The third kappa shape index (κ3) is 2.41. The monoisotopic (exact) mass is 207 g/mol. The molecule has 0 bridgehead atoms. The van der Waals surface area contributed by atoms with Crippen molar-refractivity contribution in [3.05, 3.63) is 24.2 Å². The molecule has 3 nitrogen and oxygen atoms in total. The zero-order chi connectivity index (χ0) is 10.9. The molecule has 1 aliphatic carbocycles. The number of carbonyl (C=O) groups is 1. The van der Waals surface area contributed by atoms with Crippen LogP contribution in [-0.2, 0) is 0 Å². The van der Waals surface area contributed by atoms with E-state index in [1.54, 1.807) is 6.07 Å². The molecule has 1 aromatic heterocycles. The molecular formula is C12H17NO2. The van der Waals surface area contributed by atoms with Gasteiger partial charge in [-0.05, 0) is 30.7 Å². The second kappa shape index (κ2) is 3.72. The lowest BCUT2D eigenvalue weighted by atomic mass is 9.92. The van der Waals surface area contributed by atoms with E-state index in [2.05, 4.69) is 19.2 Å². The van der Waals surface area contributed by atoms with Gasteiger partial charge in [0.2, 0.25) is 0 Å². The summed E-state index contributed by atoms with van der Waals surface area (Å²) in [4.78, 5) is 11.7. The summed E-state index contributed by atoms with van der Waals surface area (Å²) in [5.74, 6) is -0.0218. The minimum atomic E-state index is -0.0218. The average Bonchev–Trinajstić information content (AvgIpc) is 2.74. The zero-order valence-corrected chi connectivity index (χ0v) is 9.25. The summed E-state index contributed by atoms with van der Waals surface area (Å²) >= 11 is 0. The Morgan fingerprint density at radius 1 is 1.60 bits per heavy atom. The van der Waals surface area contributed by atoms with Crippen molar-refractivity contribution >= 4 is 5.91 Å². The average molecular weight is 207 g/mol. The molecule has 1 heterocycles. The van der Waals surface area contributed by atoms with Gasteiger partial charge in [0.05, 0.1) is 11.8 Å². The zero-order valence-electron chi connectivity index (χ0n) is 9.25. The van der Waals surface area contributed by atoms with Gasteiger partial charge in [-0.1, -0.05) is 13.8 Å². The van der Waals surface area contributed by atoms with E-state index in [1.165, 1.54) is 18.9 Å². The van der Waals surface area contributed by atoms with Crippen LogP contribution >= 0.6 is 0 Å². The van der Waals surface area contributed by atoms with E-state index < -0.39 is 0 Å². The van der Waals surface area contributed by atoms with Crippen molar-refractivity contribution in [1.29, 1.82) is 0 Å². The SMILES string of the molecule is CC1(C)CCC(NC(=O)c2ccoc2)C1. The van der Waals surface area contributed by atoms with Crippen LogP contribution in [0.5, 0.6) is 0 Å². The van der Waals surface area contributed by atoms with Crippen LogP contribution in [0.25, 0.3) is 0 Å². The van der Waals surface area contributed by atoms with E-state index in [0.717, 1.165) is 12.8 Å². The number of rotatable bonds is 2. The Morgan fingerprint density at radius 2 is 2.40 bits per heavy atom. The lowest BCUT2D eigenvalue weighted by molar-refractivity contribution is 0.0935. The van der Waals surface area contributed by atoms with Gasteiger partial charge in [0.25, 0.3) is 5.91 Å².